The van der Waals surface area contributed by atoms with Gasteiger partial charge in [-0.2, -0.15) is 4.98 Å². The summed E-state index contributed by atoms with van der Waals surface area (Å²) in [5.41, 5.74) is 6.30. The third-order valence-corrected chi connectivity index (χ3v) is 2.38. The summed E-state index contributed by atoms with van der Waals surface area (Å²) >= 11 is 0. The molecule has 0 atom stereocenters. The zero-order valence-electron chi connectivity index (χ0n) is 9.98. The van der Waals surface area contributed by atoms with Gasteiger partial charge in [0.2, 0.25) is 0 Å². The molecule has 2 N–H and O–H groups in total. The Kier molecular flexibility index (Phi) is 6.49. The molecule has 90 valence electrons. The van der Waals surface area contributed by atoms with E-state index in [9.17, 15) is 0 Å². The molecule has 0 bridgehead atoms. The monoisotopic (exact) mass is 223 g/mol. The summed E-state index contributed by atoms with van der Waals surface area (Å²) in [6.07, 6.45) is 7.81. The van der Waals surface area contributed by atoms with Gasteiger partial charge < -0.3 is 10.5 Å². The van der Waals surface area contributed by atoms with Gasteiger partial charge in [-0.15, -0.1) is 0 Å². The SMILES string of the molecule is CCCCCCCOc1nccc(CN)n1. The van der Waals surface area contributed by atoms with Crippen molar-refractivity contribution in [3.05, 3.63) is 18.0 Å². The highest BCUT2D eigenvalue weighted by atomic mass is 16.5. The minimum atomic E-state index is 0.426. The standard InChI is InChI=1S/C12H21N3O/c1-2-3-4-5-6-9-16-12-14-8-7-11(10-13)15-12/h7-8H,2-6,9-10,13H2,1H3. The lowest BCUT2D eigenvalue weighted by Gasteiger charge is -2.04. The molecule has 1 aromatic heterocycles. The molecule has 0 unspecified atom stereocenters. The van der Waals surface area contributed by atoms with Crippen LogP contribution in [0.4, 0.5) is 0 Å². The number of nitrogens with two attached hydrogens (primary N) is 1. The van der Waals surface area contributed by atoms with E-state index < -0.39 is 0 Å². The smallest absolute Gasteiger partial charge is 0.316 e. The zero-order valence-corrected chi connectivity index (χ0v) is 9.98. The number of ether oxygens (including phenoxy) is 1. The van der Waals surface area contributed by atoms with Crippen LogP contribution < -0.4 is 10.5 Å². The van der Waals surface area contributed by atoms with Crippen molar-refractivity contribution in [2.75, 3.05) is 6.61 Å². The number of aromatic nitrogens is 2. The highest BCUT2D eigenvalue weighted by Gasteiger charge is 1.98. The molecule has 0 amide bonds. The van der Waals surface area contributed by atoms with Gasteiger partial charge in [0.15, 0.2) is 0 Å². The Bertz CT molecular complexity index is 291. The van der Waals surface area contributed by atoms with Crippen LogP contribution >= 0.6 is 0 Å². The average molecular weight is 223 g/mol. The molecule has 0 saturated carbocycles. The predicted octanol–water partition coefficient (Wildman–Crippen LogP) is 2.28. The average Bonchev–Trinajstić information content (AvgIpc) is 2.34. The first-order chi connectivity index (χ1) is 7.86. The van der Waals surface area contributed by atoms with Crippen molar-refractivity contribution in [1.29, 1.82) is 0 Å². The quantitative estimate of drug-likeness (QED) is 0.687. The maximum absolute atomic E-state index is 5.48. The lowest BCUT2D eigenvalue weighted by Crippen LogP contribution is -2.05. The second-order valence-corrected chi connectivity index (χ2v) is 3.80. The number of hydrogen-bond acceptors (Lipinski definition) is 4. The second-order valence-electron chi connectivity index (χ2n) is 3.80. The van der Waals surface area contributed by atoms with Crippen LogP contribution in [0.3, 0.4) is 0 Å². The molecule has 0 aliphatic rings. The van der Waals surface area contributed by atoms with Crippen molar-refractivity contribution in [1.82, 2.24) is 9.97 Å². The zero-order chi connectivity index (χ0) is 11.6. The molecule has 0 radical (unpaired) electrons. The highest BCUT2D eigenvalue weighted by molar-refractivity contribution is 5.04. The summed E-state index contributed by atoms with van der Waals surface area (Å²) in [6.45, 7) is 3.33. The van der Waals surface area contributed by atoms with Crippen LogP contribution in [0.5, 0.6) is 6.01 Å². The van der Waals surface area contributed by atoms with E-state index >= 15 is 0 Å². The van der Waals surface area contributed by atoms with Gasteiger partial charge >= 0.3 is 6.01 Å². The van der Waals surface area contributed by atoms with E-state index in [2.05, 4.69) is 16.9 Å². The van der Waals surface area contributed by atoms with Crippen molar-refractivity contribution in [2.45, 2.75) is 45.6 Å². The summed E-state index contributed by atoms with van der Waals surface area (Å²) < 4.78 is 5.45. The molecule has 4 heteroatoms. The topological polar surface area (TPSA) is 61.0 Å². The van der Waals surface area contributed by atoms with Crippen molar-refractivity contribution >= 4 is 0 Å². The van der Waals surface area contributed by atoms with E-state index in [1.165, 1.54) is 25.7 Å². The highest BCUT2D eigenvalue weighted by Crippen LogP contribution is 2.05. The minimum Gasteiger partial charge on any atom is -0.463 e. The van der Waals surface area contributed by atoms with E-state index in [0.717, 1.165) is 12.1 Å². The lowest BCUT2D eigenvalue weighted by molar-refractivity contribution is 0.280. The predicted molar refractivity (Wildman–Crippen MR) is 64.2 cm³/mol. The summed E-state index contributed by atoms with van der Waals surface area (Å²) in [5.74, 6) is 0. The third-order valence-electron chi connectivity index (χ3n) is 2.38. The van der Waals surface area contributed by atoms with Crippen LogP contribution in [0.15, 0.2) is 12.3 Å². The van der Waals surface area contributed by atoms with Crippen LogP contribution in [0.2, 0.25) is 0 Å². The maximum atomic E-state index is 5.48. The van der Waals surface area contributed by atoms with Gasteiger partial charge in [-0.1, -0.05) is 32.6 Å². The fraction of sp³-hybridized carbons (Fsp3) is 0.667. The van der Waals surface area contributed by atoms with E-state index in [1.54, 1.807) is 12.3 Å². The van der Waals surface area contributed by atoms with Gasteiger partial charge in [-0.05, 0) is 12.5 Å². The molecule has 0 aromatic carbocycles. The van der Waals surface area contributed by atoms with Crippen LogP contribution in [0.25, 0.3) is 0 Å². The van der Waals surface area contributed by atoms with Gasteiger partial charge in [0.25, 0.3) is 0 Å². The Balaban J connectivity index is 2.16. The largest absolute Gasteiger partial charge is 0.463 e. The fourth-order valence-electron chi connectivity index (χ4n) is 1.43. The molecule has 0 saturated heterocycles. The summed E-state index contributed by atoms with van der Waals surface area (Å²) in [5, 5.41) is 0. The van der Waals surface area contributed by atoms with Crippen molar-refractivity contribution in [3.63, 3.8) is 0 Å². The second kappa shape index (κ2) is 8.05. The normalized spacial score (nSPS) is 10.4. The van der Waals surface area contributed by atoms with E-state index in [4.69, 9.17) is 10.5 Å². The van der Waals surface area contributed by atoms with Gasteiger partial charge in [-0.25, -0.2) is 4.98 Å². The van der Waals surface area contributed by atoms with Gasteiger partial charge in [0.1, 0.15) is 0 Å². The fourth-order valence-corrected chi connectivity index (χ4v) is 1.43. The molecule has 0 fully saturated rings. The summed E-state index contributed by atoms with van der Waals surface area (Å²) in [7, 11) is 0. The van der Waals surface area contributed by atoms with Crippen LogP contribution in [0.1, 0.15) is 44.7 Å². The summed E-state index contributed by atoms with van der Waals surface area (Å²) in [6, 6.07) is 2.24. The Labute approximate surface area is 97.2 Å². The van der Waals surface area contributed by atoms with Crippen LogP contribution in [-0.4, -0.2) is 16.6 Å². The van der Waals surface area contributed by atoms with Crippen molar-refractivity contribution in [3.8, 4) is 6.01 Å². The molecule has 0 aliphatic carbocycles. The van der Waals surface area contributed by atoms with E-state index in [1.807, 2.05) is 0 Å². The molecule has 1 rings (SSSR count). The first-order valence-electron chi connectivity index (χ1n) is 6.01. The van der Waals surface area contributed by atoms with Gasteiger partial charge in [-0.3, -0.25) is 0 Å². The minimum absolute atomic E-state index is 0.426. The Morgan fingerprint density at radius 1 is 1.25 bits per heavy atom. The summed E-state index contributed by atoms with van der Waals surface area (Å²) in [4.78, 5) is 8.20. The molecule has 1 aromatic rings. The number of rotatable bonds is 8. The van der Waals surface area contributed by atoms with Crippen molar-refractivity contribution < 1.29 is 4.74 Å². The molecule has 4 nitrogen and oxygen atoms in total. The van der Waals surface area contributed by atoms with Gasteiger partial charge in [0.05, 0.1) is 12.3 Å². The Hall–Kier alpha value is -1.16. The number of hydrogen-bond donors (Lipinski definition) is 1. The lowest BCUT2D eigenvalue weighted by atomic mass is 10.2. The maximum Gasteiger partial charge on any atom is 0.316 e. The van der Waals surface area contributed by atoms with Crippen molar-refractivity contribution in [2.24, 2.45) is 5.73 Å². The Morgan fingerprint density at radius 2 is 2.06 bits per heavy atom. The molecule has 1 heterocycles. The van der Waals surface area contributed by atoms with E-state index in [-0.39, 0.29) is 0 Å². The molecular formula is C12H21N3O. The third kappa shape index (κ3) is 5.07. The first kappa shape index (κ1) is 12.9. The van der Waals surface area contributed by atoms with Crippen LogP contribution in [-0.2, 0) is 6.54 Å². The molecule has 0 aliphatic heterocycles. The Morgan fingerprint density at radius 3 is 2.81 bits per heavy atom. The molecule has 0 spiro atoms. The van der Waals surface area contributed by atoms with E-state index in [0.29, 0.717) is 19.2 Å². The van der Waals surface area contributed by atoms with Gasteiger partial charge in [0, 0.05) is 12.7 Å². The molecular weight excluding hydrogens is 202 g/mol. The molecule has 16 heavy (non-hydrogen) atoms. The van der Waals surface area contributed by atoms with Crippen LogP contribution in [0, 0.1) is 0 Å². The first-order valence-corrected chi connectivity index (χ1v) is 6.01. The number of nitrogens with zero attached hydrogens (tertiary/aromatic N) is 2. The number of unbranched alkanes of at least 4 members (excludes halogenated alkanes) is 4.